The number of halogens is 2. The largest absolute Gasteiger partial charge is 0.360 e. The van der Waals surface area contributed by atoms with Crippen molar-refractivity contribution < 1.29 is 4.52 Å². The van der Waals surface area contributed by atoms with Crippen LogP contribution in [0.3, 0.4) is 0 Å². The van der Waals surface area contributed by atoms with Crippen LogP contribution in [-0.2, 0) is 0 Å². The van der Waals surface area contributed by atoms with Crippen molar-refractivity contribution in [3.63, 3.8) is 0 Å². The first-order valence-corrected chi connectivity index (χ1v) is 9.97. The lowest BCUT2D eigenvalue weighted by molar-refractivity contribution is 0.400. The second-order valence-corrected chi connectivity index (χ2v) is 7.61. The summed E-state index contributed by atoms with van der Waals surface area (Å²) in [7, 11) is 0. The smallest absolute Gasteiger partial charge is 0.203 e. The van der Waals surface area contributed by atoms with Crippen molar-refractivity contribution in [1.29, 1.82) is 0 Å². The van der Waals surface area contributed by atoms with Gasteiger partial charge < -0.3 is 4.52 Å². The summed E-state index contributed by atoms with van der Waals surface area (Å²) < 4.78 is 5.41. The van der Waals surface area contributed by atoms with Gasteiger partial charge >= 0.3 is 0 Å². The van der Waals surface area contributed by atoms with Gasteiger partial charge in [-0.05, 0) is 30.7 Å². The average Bonchev–Trinajstić information content (AvgIpc) is 3.29. The van der Waals surface area contributed by atoms with Crippen LogP contribution < -0.4 is 5.43 Å². The maximum Gasteiger partial charge on any atom is 0.203 e. The molecule has 0 aliphatic heterocycles. The van der Waals surface area contributed by atoms with Gasteiger partial charge in [-0.2, -0.15) is 5.10 Å². The number of aryl methyl sites for hydroxylation is 1. The second-order valence-electron chi connectivity index (χ2n) is 5.91. The molecule has 2 heterocycles. The van der Waals surface area contributed by atoms with Gasteiger partial charge in [-0.25, -0.2) is 4.98 Å². The number of hydrogen-bond acceptors (Lipinski definition) is 6. The lowest BCUT2D eigenvalue weighted by atomic mass is 10.0. The maximum absolute atomic E-state index is 6.35. The molecule has 0 spiro atoms. The zero-order valence-electron chi connectivity index (χ0n) is 14.7. The summed E-state index contributed by atoms with van der Waals surface area (Å²) in [6.45, 7) is 1.84. The molecule has 0 aliphatic rings. The summed E-state index contributed by atoms with van der Waals surface area (Å²) >= 11 is 13.8. The van der Waals surface area contributed by atoms with E-state index in [0.717, 1.165) is 22.4 Å². The van der Waals surface area contributed by atoms with Gasteiger partial charge in [0.2, 0.25) is 5.13 Å². The number of aromatic nitrogens is 2. The molecule has 0 atom stereocenters. The van der Waals surface area contributed by atoms with E-state index < -0.39 is 0 Å². The molecular weight excluding hydrogens is 415 g/mol. The van der Waals surface area contributed by atoms with Gasteiger partial charge in [0.25, 0.3) is 0 Å². The molecule has 4 rings (SSSR count). The molecule has 2 aromatic heterocycles. The fourth-order valence-electron chi connectivity index (χ4n) is 2.68. The van der Waals surface area contributed by atoms with Crippen LogP contribution in [-0.4, -0.2) is 16.4 Å². The highest BCUT2D eigenvalue weighted by Gasteiger charge is 2.21. The molecule has 0 fully saturated rings. The number of nitrogens with one attached hydrogen (secondary N) is 1. The molecule has 5 nitrogen and oxygen atoms in total. The van der Waals surface area contributed by atoms with E-state index in [9.17, 15) is 0 Å². The Balaban J connectivity index is 1.61. The molecule has 2 aromatic carbocycles. The zero-order valence-corrected chi connectivity index (χ0v) is 17.0. The molecule has 140 valence electrons. The van der Waals surface area contributed by atoms with Gasteiger partial charge in [0, 0.05) is 16.0 Å². The fourth-order valence-corrected chi connectivity index (χ4v) is 3.83. The molecule has 0 saturated heterocycles. The highest BCUT2D eigenvalue weighted by atomic mass is 35.5. The van der Waals surface area contributed by atoms with Crippen LogP contribution in [0.1, 0.15) is 11.3 Å². The summed E-state index contributed by atoms with van der Waals surface area (Å²) in [6.07, 6.45) is 1.74. The first-order valence-electron chi connectivity index (χ1n) is 8.33. The van der Waals surface area contributed by atoms with Gasteiger partial charge in [-0.1, -0.05) is 58.7 Å². The van der Waals surface area contributed by atoms with Crippen LogP contribution in [0.2, 0.25) is 10.0 Å². The fraction of sp³-hybridized carbons (Fsp3) is 0.0500. The van der Waals surface area contributed by atoms with Crippen LogP contribution in [0, 0.1) is 6.92 Å². The second kappa shape index (κ2) is 8.14. The van der Waals surface area contributed by atoms with Gasteiger partial charge in [0.05, 0.1) is 22.5 Å². The van der Waals surface area contributed by atoms with Crippen molar-refractivity contribution in [2.75, 3.05) is 5.43 Å². The maximum atomic E-state index is 6.35. The Kier molecular flexibility index (Phi) is 5.43. The number of thiazole rings is 1. The van der Waals surface area contributed by atoms with Crippen molar-refractivity contribution in [2.45, 2.75) is 6.92 Å². The number of hydrogen-bond donors (Lipinski definition) is 1. The third-order valence-corrected chi connectivity index (χ3v) is 5.28. The Labute approximate surface area is 175 Å². The summed E-state index contributed by atoms with van der Waals surface area (Å²) in [4.78, 5) is 4.60. The van der Waals surface area contributed by atoms with E-state index in [1.165, 1.54) is 11.3 Å². The van der Waals surface area contributed by atoms with Crippen molar-refractivity contribution in [1.82, 2.24) is 10.1 Å². The minimum Gasteiger partial charge on any atom is -0.360 e. The molecule has 0 radical (unpaired) electrons. The van der Waals surface area contributed by atoms with Crippen molar-refractivity contribution in [2.24, 2.45) is 5.10 Å². The minimum absolute atomic E-state index is 0.503. The highest BCUT2D eigenvalue weighted by molar-refractivity contribution is 7.14. The molecular formula is C20H14Cl2N4OS. The molecule has 0 bridgehead atoms. The number of nitrogens with zero attached hydrogens (tertiary/aromatic N) is 3. The average molecular weight is 429 g/mol. The minimum atomic E-state index is 0.503. The highest BCUT2D eigenvalue weighted by Crippen LogP contribution is 2.39. The molecule has 0 amide bonds. The monoisotopic (exact) mass is 428 g/mol. The Bertz CT molecular complexity index is 1140. The summed E-state index contributed by atoms with van der Waals surface area (Å²) in [5, 5.41) is 12.1. The van der Waals surface area contributed by atoms with Gasteiger partial charge in [-0.3, -0.25) is 5.43 Å². The summed E-state index contributed by atoms with van der Waals surface area (Å²) in [6, 6.07) is 15.1. The number of rotatable bonds is 5. The van der Waals surface area contributed by atoms with E-state index in [2.05, 4.69) is 20.7 Å². The lowest BCUT2D eigenvalue weighted by Crippen LogP contribution is -1.90. The molecule has 4 aromatic rings. The normalized spacial score (nSPS) is 11.2. The van der Waals surface area contributed by atoms with Crippen molar-refractivity contribution in [3.8, 4) is 22.5 Å². The molecule has 1 N–H and O–H groups in total. The molecule has 0 aliphatic carbocycles. The van der Waals surface area contributed by atoms with E-state index in [0.29, 0.717) is 26.6 Å². The van der Waals surface area contributed by atoms with E-state index in [-0.39, 0.29) is 0 Å². The number of anilines is 1. The van der Waals surface area contributed by atoms with Crippen LogP contribution in [0.5, 0.6) is 0 Å². The van der Waals surface area contributed by atoms with Crippen molar-refractivity contribution >= 4 is 45.9 Å². The lowest BCUT2D eigenvalue weighted by Gasteiger charge is -2.03. The first kappa shape index (κ1) is 18.7. The Morgan fingerprint density at radius 3 is 2.75 bits per heavy atom. The van der Waals surface area contributed by atoms with E-state index in [1.807, 2.05) is 48.7 Å². The Morgan fingerprint density at radius 1 is 1.14 bits per heavy atom. The van der Waals surface area contributed by atoms with Crippen LogP contribution in [0.4, 0.5) is 5.13 Å². The van der Waals surface area contributed by atoms with Crippen LogP contribution in [0.15, 0.2) is 63.5 Å². The zero-order chi connectivity index (χ0) is 19.5. The third kappa shape index (κ3) is 3.94. The molecule has 0 saturated carbocycles. The van der Waals surface area contributed by atoms with E-state index in [1.54, 1.807) is 18.3 Å². The van der Waals surface area contributed by atoms with Crippen molar-refractivity contribution in [3.05, 3.63) is 75.3 Å². The van der Waals surface area contributed by atoms with E-state index in [4.69, 9.17) is 27.7 Å². The Morgan fingerprint density at radius 2 is 1.96 bits per heavy atom. The van der Waals surface area contributed by atoms with Crippen LogP contribution >= 0.6 is 34.5 Å². The SMILES string of the molecule is Cc1onc(-c2ccc(Cl)cc2Cl)c1-c1csc(NN=Cc2ccccc2)n1. The number of benzene rings is 2. The molecule has 0 unspecified atom stereocenters. The number of hydrazone groups is 1. The summed E-state index contributed by atoms with van der Waals surface area (Å²) in [5.41, 5.74) is 6.85. The molecule has 28 heavy (non-hydrogen) atoms. The van der Waals surface area contributed by atoms with Crippen LogP contribution in [0.25, 0.3) is 22.5 Å². The standard InChI is InChI=1S/C20H14Cl2N4OS/c1-12-18(19(26-27-12)15-8-7-14(21)9-16(15)22)17-11-28-20(24-17)25-23-10-13-5-3-2-4-6-13/h2-11H,1H3,(H,24,25). The predicted molar refractivity (Wildman–Crippen MR) is 115 cm³/mol. The van der Waals surface area contributed by atoms with E-state index >= 15 is 0 Å². The Hall–Kier alpha value is -2.67. The first-order chi connectivity index (χ1) is 13.6. The van der Waals surface area contributed by atoms with Gasteiger partial charge in [0.15, 0.2) is 0 Å². The predicted octanol–water partition coefficient (Wildman–Crippen LogP) is 6.53. The van der Waals surface area contributed by atoms with Gasteiger partial charge in [0.1, 0.15) is 11.5 Å². The quantitative estimate of drug-likeness (QED) is 0.290. The van der Waals surface area contributed by atoms with Gasteiger partial charge in [-0.15, -0.1) is 11.3 Å². The third-order valence-electron chi connectivity index (χ3n) is 3.98. The topological polar surface area (TPSA) is 63.3 Å². The molecule has 8 heteroatoms. The summed E-state index contributed by atoms with van der Waals surface area (Å²) in [5.74, 6) is 0.658.